The van der Waals surface area contributed by atoms with Gasteiger partial charge in [0.2, 0.25) is 0 Å². The average molecular weight is 338 g/mol. The van der Waals surface area contributed by atoms with Gasteiger partial charge < -0.3 is 17.0 Å². The number of nitrogens with zero attached hydrogens (tertiary/aromatic N) is 3. The molecule has 3 nitrogen and oxygen atoms in total. The first-order chi connectivity index (χ1) is 9.92. The maximum atomic E-state index is 4.65. The molecule has 0 radical (unpaired) electrons. The van der Waals surface area contributed by atoms with Gasteiger partial charge in [0, 0.05) is 5.56 Å². The molecule has 102 valence electrons. The van der Waals surface area contributed by atoms with Crippen LogP contribution in [0.4, 0.5) is 0 Å². The maximum Gasteiger partial charge on any atom is 0.356 e. The van der Waals surface area contributed by atoms with Crippen molar-refractivity contribution in [2.75, 3.05) is 0 Å². The van der Waals surface area contributed by atoms with Gasteiger partial charge in [-0.15, -0.1) is 4.52 Å². The third-order valence-electron chi connectivity index (χ3n) is 3.41. The minimum Gasteiger partial charge on any atom is -1.00 e. The third kappa shape index (κ3) is 2.38. The molecule has 0 aliphatic rings. The van der Waals surface area contributed by atoms with Crippen LogP contribution >= 0.6 is 0 Å². The van der Waals surface area contributed by atoms with Crippen molar-refractivity contribution in [2.24, 2.45) is 0 Å². The summed E-state index contributed by atoms with van der Waals surface area (Å²) in [5.74, 6) is 0. The Morgan fingerprint density at radius 3 is 2.43 bits per heavy atom. The highest BCUT2D eigenvalue weighted by molar-refractivity contribution is 5.91. The summed E-state index contributed by atoms with van der Waals surface area (Å²) in [6.07, 6.45) is 3.79. The summed E-state index contributed by atoms with van der Waals surface area (Å²) in [4.78, 5) is 4.59. The average Bonchev–Trinajstić information content (AvgIpc) is 2.55. The lowest BCUT2D eigenvalue weighted by Crippen LogP contribution is -3.00. The molecule has 0 spiro atoms. The van der Waals surface area contributed by atoms with E-state index in [-0.39, 0.29) is 17.0 Å². The van der Waals surface area contributed by atoms with E-state index in [4.69, 9.17) is 0 Å². The second kappa shape index (κ2) is 5.58. The molecule has 0 bridgehead atoms. The third-order valence-corrected chi connectivity index (χ3v) is 3.41. The molecule has 0 saturated heterocycles. The van der Waals surface area contributed by atoms with Crippen LogP contribution in [-0.4, -0.2) is 10.1 Å². The SMILES string of the molecule is [Br-].c1ccc(-c2cnc3c4ccccc4cc[n+]3n2)cc1. The van der Waals surface area contributed by atoms with Gasteiger partial charge in [0.05, 0.1) is 5.39 Å². The molecular formula is C17H12BrN3. The smallest absolute Gasteiger partial charge is 0.356 e. The van der Waals surface area contributed by atoms with Gasteiger partial charge in [-0.2, -0.15) is 0 Å². The molecule has 0 saturated carbocycles. The Bertz CT molecular complexity index is 907. The Labute approximate surface area is 132 Å². The van der Waals surface area contributed by atoms with Crippen molar-refractivity contribution < 1.29 is 21.5 Å². The second-order valence-corrected chi connectivity index (χ2v) is 4.68. The summed E-state index contributed by atoms with van der Waals surface area (Å²) < 4.78 is 1.84. The molecule has 4 heteroatoms. The van der Waals surface area contributed by atoms with E-state index in [9.17, 15) is 0 Å². The lowest BCUT2D eigenvalue weighted by Gasteiger charge is -1.99. The van der Waals surface area contributed by atoms with Crippen LogP contribution in [0, 0.1) is 0 Å². The lowest BCUT2D eigenvalue weighted by atomic mass is 10.1. The number of halogens is 1. The van der Waals surface area contributed by atoms with Gasteiger partial charge in [0.25, 0.3) is 0 Å². The molecule has 0 aliphatic carbocycles. The molecule has 0 unspecified atom stereocenters. The zero-order valence-electron chi connectivity index (χ0n) is 11.1. The van der Waals surface area contributed by atoms with Crippen molar-refractivity contribution in [3.05, 3.63) is 73.1 Å². The summed E-state index contributed by atoms with van der Waals surface area (Å²) in [5, 5.41) is 6.94. The molecule has 4 rings (SSSR count). The predicted molar refractivity (Wildman–Crippen MR) is 78.1 cm³/mol. The normalized spacial score (nSPS) is 10.5. The minimum absolute atomic E-state index is 0. The minimum atomic E-state index is 0. The fourth-order valence-electron chi connectivity index (χ4n) is 2.41. The molecule has 21 heavy (non-hydrogen) atoms. The topological polar surface area (TPSA) is 29.9 Å². The van der Waals surface area contributed by atoms with Gasteiger partial charge in [-0.05, 0) is 22.5 Å². The van der Waals surface area contributed by atoms with Crippen molar-refractivity contribution in [3.63, 3.8) is 0 Å². The number of hydrogen-bond donors (Lipinski definition) is 0. The Balaban J connectivity index is 0.00000132. The second-order valence-electron chi connectivity index (χ2n) is 4.68. The number of aromatic nitrogens is 3. The molecule has 0 N–H and O–H groups in total. The van der Waals surface area contributed by atoms with Gasteiger partial charge in [0.1, 0.15) is 6.20 Å². The first-order valence-corrected chi connectivity index (χ1v) is 6.54. The van der Waals surface area contributed by atoms with E-state index in [0.717, 1.165) is 22.3 Å². The molecule has 4 aromatic rings. The lowest BCUT2D eigenvalue weighted by molar-refractivity contribution is -0.581. The molecular weight excluding hydrogens is 326 g/mol. The molecule has 2 aromatic heterocycles. The highest BCUT2D eigenvalue weighted by atomic mass is 79.9. The van der Waals surface area contributed by atoms with Gasteiger partial charge in [-0.1, -0.05) is 53.6 Å². The van der Waals surface area contributed by atoms with Crippen molar-refractivity contribution in [1.82, 2.24) is 10.1 Å². The van der Waals surface area contributed by atoms with Crippen molar-refractivity contribution >= 4 is 16.4 Å². The molecule has 2 aromatic carbocycles. The van der Waals surface area contributed by atoms with E-state index in [0.29, 0.717) is 0 Å². The monoisotopic (exact) mass is 337 g/mol. The van der Waals surface area contributed by atoms with E-state index >= 15 is 0 Å². The van der Waals surface area contributed by atoms with Crippen molar-refractivity contribution in [1.29, 1.82) is 0 Å². The van der Waals surface area contributed by atoms with Gasteiger partial charge in [-0.3, -0.25) is 0 Å². The number of benzene rings is 2. The zero-order chi connectivity index (χ0) is 13.4. The quantitative estimate of drug-likeness (QED) is 0.362. The number of hydrogen-bond acceptors (Lipinski definition) is 2. The highest BCUT2D eigenvalue weighted by Gasteiger charge is 2.12. The first-order valence-electron chi connectivity index (χ1n) is 6.54. The fourth-order valence-corrected chi connectivity index (χ4v) is 2.41. The van der Waals surface area contributed by atoms with Crippen LogP contribution in [0.3, 0.4) is 0 Å². The number of rotatable bonds is 1. The van der Waals surface area contributed by atoms with E-state index < -0.39 is 0 Å². The van der Waals surface area contributed by atoms with Gasteiger partial charge in [0.15, 0.2) is 11.9 Å². The van der Waals surface area contributed by atoms with Crippen LogP contribution in [0.25, 0.3) is 27.7 Å². The summed E-state index contributed by atoms with van der Waals surface area (Å²) in [5.41, 5.74) is 2.82. The van der Waals surface area contributed by atoms with Crippen LogP contribution in [0.15, 0.2) is 73.1 Å². The van der Waals surface area contributed by atoms with Crippen LogP contribution in [0.5, 0.6) is 0 Å². The Kier molecular flexibility index (Phi) is 3.62. The van der Waals surface area contributed by atoms with Crippen molar-refractivity contribution in [3.8, 4) is 11.3 Å². The zero-order valence-corrected chi connectivity index (χ0v) is 12.7. The fraction of sp³-hybridized carbons (Fsp3) is 0. The summed E-state index contributed by atoms with van der Waals surface area (Å²) in [7, 11) is 0. The summed E-state index contributed by atoms with van der Waals surface area (Å²) >= 11 is 0. The standard InChI is InChI=1S/C17H12N3.BrH/c1-2-7-14(8-3-1)16-12-18-17-15-9-5-4-6-13(15)10-11-20(17)19-16;/h1-12H;1H/q+1;/p-1. The molecule has 0 amide bonds. The van der Waals surface area contributed by atoms with E-state index in [1.807, 2.05) is 59.4 Å². The molecule has 0 aliphatic heterocycles. The van der Waals surface area contributed by atoms with Crippen LogP contribution in [0.1, 0.15) is 0 Å². The molecule has 0 fully saturated rings. The van der Waals surface area contributed by atoms with Crippen LogP contribution in [0.2, 0.25) is 0 Å². The Morgan fingerprint density at radius 2 is 1.57 bits per heavy atom. The van der Waals surface area contributed by atoms with E-state index in [1.54, 1.807) is 0 Å². The number of pyridine rings is 1. The summed E-state index contributed by atoms with van der Waals surface area (Å²) in [6, 6.07) is 20.4. The van der Waals surface area contributed by atoms with Gasteiger partial charge in [-0.25, -0.2) is 0 Å². The Morgan fingerprint density at radius 1 is 0.810 bits per heavy atom. The van der Waals surface area contributed by atoms with Crippen molar-refractivity contribution in [2.45, 2.75) is 0 Å². The Hall–Kier alpha value is -2.33. The van der Waals surface area contributed by atoms with Gasteiger partial charge >= 0.3 is 5.65 Å². The maximum absolute atomic E-state index is 4.65. The van der Waals surface area contributed by atoms with E-state index in [2.05, 4.69) is 28.3 Å². The summed E-state index contributed by atoms with van der Waals surface area (Å²) in [6.45, 7) is 0. The molecule has 0 atom stereocenters. The highest BCUT2D eigenvalue weighted by Crippen LogP contribution is 2.17. The van der Waals surface area contributed by atoms with Crippen LogP contribution < -0.4 is 21.5 Å². The largest absolute Gasteiger partial charge is 1.00 e. The van der Waals surface area contributed by atoms with Crippen LogP contribution in [-0.2, 0) is 0 Å². The van der Waals surface area contributed by atoms with E-state index in [1.165, 1.54) is 5.39 Å². The number of fused-ring (bicyclic) bond motifs is 3. The first kappa shape index (κ1) is 13.6. The predicted octanol–water partition coefficient (Wildman–Crippen LogP) is 0.0395. The molecule has 2 heterocycles.